The van der Waals surface area contributed by atoms with Crippen LogP contribution in [-0.2, 0) is 14.3 Å². The Balaban J connectivity index is 1.27. The summed E-state index contributed by atoms with van der Waals surface area (Å²) in [6, 6.07) is 5.94. The fourth-order valence-electron chi connectivity index (χ4n) is 5.69. The molecule has 0 radical (unpaired) electrons. The Morgan fingerprint density at radius 2 is 1.88 bits per heavy atom. The second kappa shape index (κ2) is 13.0. The van der Waals surface area contributed by atoms with Gasteiger partial charge in [-0.05, 0) is 63.4 Å². The van der Waals surface area contributed by atoms with E-state index in [2.05, 4.69) is 54.0 Å². The van der Waals surface area contributed by atoms with Gasteiger partial charge in [-0.1, -0.05) is 32.1 Å². The summed E-state index contributed by atoms with van der Waals surface area (Å²) in [5.41, 5.74) is 2.29. The van der Waals surface area contributed by atoms with E-state index in [4.69, 9.17) is 9.72 Å². The first-order valence-electron chi connectivity index (χ1n) is 13.9. The SMILES string of the molecule is CC(C)C[C@H](NC(=O)c1ccc(-c2csc(N3CCN(C)CC3)n2)cc1)C(=O)N1C[C@@H](C=C(Br)Br)[C@H]2OCC(=O)[C@H]21. The first-order valence-corrected chi connectivity index (χ1v) is 16.3. The summed E-state index contributed by atoms with van der Waals surface area (Å²) >= 11 is 8.40. The number of aromatic nitrogens is 1. The van der Waals surface area contributed by atoms with Crippen LogP contribution in [0, 0.1) is 11.8 Å². The van der Waals surface area contributed by atoms with E-state index in [1.165, 1.54) is 0 Å². The summed E-state index contributed by atoms with van der Waals surface area (Å²) < 4.78 is 6.50. The highest BCUT2D eigenvalue weighted by molar-refractivity contribution is 9.28. The zero-order chi connectivity index (χ0) is 29.3. The van der Waals surface area contributed by atoms with Crippen LogP contribution in [0.4, 0.5) is 5.13 Å². The minimum atomic E-state index is -0.754. The third-order valence-electron chi connectivity index (χ3n) is 7.87. The number of thiazole rings is 1. The maximum atomic E-state index is 13.8. The molecule has 3 aliphatic rings. The Hall–Kier alpha value is -2.12. The van der Waals surface area contributed by atoms with E-state index >= 15 is 0 Å². The second-order valence-electron chi connectivity index (χ2n) is 11.3. The first kappa shape index (κ1) is 30.3. The molecule has 12 heteroatoms. The number of halogens is 2. The molecule has 3 fully saturated rings. The number of ketones is 1. The van der Waals surface area contributed by atoms with Crippen molar-refractivity contribution in [3.8, 4) is 11.3 Å². The third kappa shape index (κ3) is 6.93. The normalized spacial score (nSPS) is 23.6. The molecule has 4 heterocycles. The number of hydrogen-bond acceptors (Lipinski definition) is 8. The highest BCUT2D eigenvalue weighted by Gasteiger charge is 2.52. The Kier molecular flexibility index (Phi) is 9.64. The van der Waals surface area contributed by atoms with Crippen LogP contribution in [0.2, 0.25) is 0 Å². The molecule has 0 unspecified atom stereocenters. The number of Topliss-reactive ketones (excluding diaryl/α,β-unsaturated/α-hetero) is 1. The molecule has 3 aliphatic heterocycles. The van der Waals surface area contributed by atoms with Crippen LogP contribution in [0.1, 0.15) is 30.6 Å². The molecule has 220 valence electrons. The van der Waals surface area contributed by atoms with Crippen LogP contribution in [0.5, 0.6) is 0 Å². The molecular formula is C29H35Br2N5O4S. The minimum absolute atomic E-state index is 0.00717. The minimum Gasteiger partial charge on any atom is -0.367 e. The molecule has 0 spiro atoms. The van der Waals surface area contributed by atoms with Gasteiger partial charge in [0.15, 0.2) is 10.9 Å². The zero-order valence-electron chi connectivity index (χ0n) is 23.4. The molecule has 1 aromatic heterocycles. The number of carbonyl (C=O) groups is 3. The predicted octanol–water partition coefficient (Wildman–Crippen LogP) is 4.13. The lowest BCUT2D eigenvalue weighted by molar-refractivity contribution is -0.138. The van der Waals surface area contributed by atoms with Gasteiger partial charge in [0.2, 0.25) is 5.91 Å². The van der Waals surface area contributed by atoms with Crippen molar-refractivity contribution in [2.45, 2.75) is 38.5 Å². The van der Waals surface area contributed by atoms with Gasteiger partial charge in [0.25, 0.3) is 5.91 Å². The number of rotatable bonds is 8. The maximum absolute atomic E-state index is 13.8. The number of fused-ring (bicyclic) bond motifs is 1. The van der Waals surface area contributed by atoms with E-state index in [0.29, 0.717) is 18.5 Å². The van der Waals surface area contributed by atoms with Crippen molar-refractivity contribution >= 4 is 65.9 Å². The summed E-state index contributed by atoms with van der Waals surface area (Å²) in [4.78, 5) is 50.9. The molecule has 5 rings (SSSR count). The van der Waals surface area contributed by atoms with Gasteiger partial charge in [-0.3, -0.25) is 14.4 Å². The number of anilines is 1. The quantitative estimate of drug-likeness (QED) is 0.441. The number of hydrogen-bond donors (Lipinski definition) is 1. The van der Waals surface area contributed by atoms with Crippen LogP contribution in [-0.4, -0.2) is 96.9 Å². The summed E-state index contributed by atoms with van der Waals surface area (Å²) in [5.74, 6) is -0.649. The number of likely N-dealkylation sites (N-methyl/N-ethyl adjacent to an activating group) is 1. The van der Waals surface area contributed by atoms with Gasteiger partial charge in [-0.15, -0.1) is 11.3 Å². The van der Waals surface area contributed by atoms with Crippen molar-refractivity contribution in [1.82, 2.24) is 20.1 Å². The van der Waals surface area contributed by atoms with Gasteiger partial charge in [-0.2, -0.15) is 0 Å². The molecule has 3 saturated heterocycles. The van der Waals surface area contributed by atoms with Crippen LogP contribution >= 0.6 is 43.2 Å². The Morgan fingerprint density at radius 3 is 2.54 bits per heavy atom. The average Bonchev–Trinajstić information content (AvgIpc) is 3.66. The maximum Gasteiger partial charge on any atom is 0.251 e. The first-order chi connectivity index (χ1) is 19.6. The van der Waals surface area contributed by atoms with E-state index in [9.17, 15) is 14.4 Å². The lowest BCUT2D eigenvalue weighted by Gasteiger charge is -2.32. The number of nitrogens with zero attached hydrogens (tertiary/aromatic N) is 4. The van der Waals surface area contributed by atoms with Gasteiger partial charge < -0.3 is 24.8 Å². The van der Waals surface area contributed by atoms with Crippen molar-refractivity contribution < 1.29 is 19.1 Å². The molecule has 4 atom stereocenters. The van der Waals surface area contributed by atoms with Gasteiger partial charge in [0.1, 0.15) is 18.7 Å². The smallest absolute Gasteiger partial charge is 0.251 e. The van der Waals surface area contributed by atoms with Crippen LogP contribution in [0.25, 0.3) is 11.3 Å². The van der Waals surface area contributed by atoms with E-state index in [-0.39, 0.29) is 42.1 Å². The number of ether oxygens (including phenoxy) is 1. The lowest BCUT2D eigenvalue weighted by atomic mass is 10.0. The van der Waals surface area contributed by atoms with Crippen LogP contribution in [0.3, 0.4) is 0 Å². The average molecular weight is 710 g/mol. The molecule has 0 bridgehead atoms. The summed E-state index contributed by atoms with van der Waals surface area (Å²) in [6.07, 6.45) is 1.99. The molecule has 1 aromatic carbocycles. The fourth-order valence-corrected chi connectivity index (χ4v) is 7.26. The van der Waals surface area contributed by atoms with Crippen molar-refractivity contribution in [1.29, 1.82) is 0 Å². The molecular weight excluding hydrogens is 674 g/mol. The molecule has 0 saturated carbocycles. The van der Waals surface area contributed by atoms with Crippen molar-refractivity contribution in [2.24, 2.45) is 11.8 Å². The van der Waals surface area contributed by atoms with Crippen LogP contribution in [0.15, 0.2) is 39.1 Å². The summed E-state index contributed by atoms with van der Waals surface area (Å²) in [6.45, 7) is 8.33. The molecule has 2 aromatic rings. The number of nitrogens with one attached hydrogen (secondary N) is 1. The van der Waals surface area contributed by atoms with E-state index < -0.39 is 12.1 Å². The summed E-state index contributed by atoms with van der Waals surface area (Å²) in [7, 11) is 2.13. The van der Waals surface area contributed by atoms with Crippen molar-refractivity contribution in [3.63, 3.8) is 0 Å². The molecule has 2 amide bonds. The number of carbonyl (C=O) groups excluding carboxylic acids is 3. The third-order valence-corrected chi connectivity index (χ3v) is 9.30. The standard InChI is InChI=1S/C29H35Br2N5O4S/c1-17(2)12-21(28(39)36-14-20(13-24(30)31)26-25(36)23(37)15-40-26)32-27(38)19-6-4-18(5-7-19)22-16-41-29(33-22)35-10-8-34(3)9-11-35/h4-7,13,16-17,20-21,25-26H,8-12,14-15H2,1-3H3,(H,32,38)/t20-,21+,25-,26-/m1/s1. The van der Waals surface area contributed by atoms with E-state index in [1.54, 1.807) is 28.4 Å². The van der Waals surface area contributed by atoms with Crippen LogP contribution < -0.4 is 10.2 Å². The zero-order valence-corrected chi connectivity index (χ0v) is 27.4. The fraction of sp³-hybridized carbons (Fsp3) is 0.517. The Labute approximate surface area is 261 Å². The number of amides is 2. The number of piperazine rings is 1. The van der Waals surface area contributed by atoms with Crippen molar-refractivity contribution in [3.05, 3.63) is 44.7 Å². The monoisotopic (exact) mass is 707 g/mol. The largest absolute Gasteiger partial charge is 0.367 e. The van der Waals surface area contributed by atoms with E-state index in [0.717, 1.165) is 46.0 Å². The molecule has 9 nitrogen and oxygen atoms in total. The highest BCUT2D eigenvalue weighted by Crippen LogP contribution is 2.35. The Bertz CT molecular complexity index is 1300. The van der Waals surface area contributed by atoms with Gasteiger partial charge in [0.05, 0.1) is 15.2 Å². The number of benzene rings is 1. The summed E-state index contributed by atoms with van der Waals surface area (Å²) in [5, 5.41) is 6.03. The highest BCUT2D eigenvalue weighted by atomic mass is 79.9. The lowest BCUT2D eigenvalue weighted by Crippen LogP contribution is -2.52. The molecule has 41 heavy (non-hydrogen) atoms. The molecule has 0 aliphatic carbocycles. The van der Waals surface area contributed by atoms with Gasteiger partial charge in [0, 0.05) is 55.1 Å². The van der Waals surface area contributed by atoms with Gasteiger partial charge in [-0.25, -0.2) is 4.98 Å². The predicted molar refractivity (Wildman–Crippen MR) is 168 cm³/mol. The topological polar surface area (TPSA) is 95.1 Å². The molecule has 1 N–H and O–H groups in total. The van der Waals surface area contributed by atoms with E-state index in [1.807, 2.05) is 37.4 Å². The number of likely N-dealkylation sites (tertiary alicyclic amines) is 1. The Morgan fingerprint density at radius 1 is 1.17 bits per heavy atom. The van der Waals surface area contributed by atoms with Gasteiger partial charge >= 0.3 is 0 Å². The van der Waals surface area contributed by atoms with Crippen molar-refractivity contribution in [2.75, 3.05) is 51.3 Å². The second-order valence-corrected chi connectivity index (χ2v) is 14.9.